The SMILES string of the molecule is O=C(O)CCC(=O)N[C@H]1CCOc2c(F)cccc21. The van der Waals surface area contributed by atoms with Crippen LogP contribution in [0.3, 0.4) is 0 Å². The fourth-order valence-corrected chi connectivity index (χ4v) is 2.02. The van der Waals surface area contributed by atoms with E-state index in [0.717, 1.165) is 0 Å². The molecule has 2 rings (SSSR count). The number of benzene rings is 1. The molecule has 0 aliphatic carbocycles. The summed E-state index contributed by atoms with van der Waals surface area (Å²) in [5.74, 6) is -1.67. The molecule has 6 heteroatoms. The van der Waals surface area contributed by atoms with Crippen LogP contribution in [0.5, 0.6) is 5.75 Å². The summed E-state index contributed by atoms with van der Waals surface area (Å²) in [4.78, 5) is 22.0. The molecule has 0 bridgehead atoms. The van der Waals surface area contributed by atoms with Gasteiger partial charge < -0.3 is 15.2 Å². The van der Waals surface area contributed by atoms with Gasteiger partial charge >= 0.3 is 5.97 Å². The highest BCUT2D eigenvalue weighted by Gasteiger charge is 2.25. The van der Waals surface area contributed by atoms with Crippen LogP contribution in [0.4, 0.5) is 4.39 Å². The number of hydrogen-bond donors (Lipinski definition) is 2. The van der Waals surface area contributed by atoms with Gasteiger partial charge in [-0.05, 0) is 6.07 Å². The van der Waals surface area contributed by atoms with Gasteiger partial charge in [-0.2, -0.15) is 0 Å². The van der Waals surface area contributed by atoms with Crippen LogP contribution in [0.2, 0.25) is 0 Å². The molecule has 1 aromatic carbocycles. The average molecular weight is 267 g/mol. The highest BCUT2D eigenvalue weighted by molar-refractivity contribution is 5.81. The molecule has 0 fully saturated rings. The Kier molecular flexibility index (Phi) is 3.99. The number of rotatable bonds is 4. The Hall–Kier alpha value is -2.11. The van der Waals surface area contributed by atoms with Crippen molar-refractivity contribution in [1.29, 1.82) is 0 Å². The minimum atomic E-state index is -1.02. The van der Waals surface area contributed by atoms with E-state index in [4.69, 9.17) is 9.84 Å². The molecule has 1 heterocycles. The van der Waals surface area contributed by atoms with E-state index in [1.54, 1.807) is 12.1 Å². The molecule has 102 valence electrons. The second-order valence-corrected chi connectivity index (χ2v) is 4.31. The molecule has 1 atom stereocenters. The summed E-state index contributed by atoms with van der Waals surface area (Å²) in [5, 5.41) is 11.2. The Bertz CT molecular complexity index is 503. The van der Waals surface area contributed by atoms with Gasteiger partial charge in [0.15, 0.2) is 11.6 Å². The van der Waals surface area contributed by atoms with Gasteiger partial charge in [-0.1, -0.05) is 12.1 Å². The topological polar surface area (TPSA) is 75.6 Å². The van der Waals surface area contributed by atoms with Gasteiger partial charge in [0.1, 0.15) is 0 Å². The summed E-state index contributed by atoms with van der Waals surface area (Å²) >= 11 is 0. The van der Waals surface area contributed by atoms with Crippen LogP contribution in [-0.2, 0) is 9.59 Å². The molecular formula is C13H14FNO4. The molecule has 1 aliphatic rings. The van der Waals surface area contributed by atoms with Gasteiger partial charge in [0.05, 0.1) is 19.1 Å². The van der Waals surface area contributed by atoms with E-state index in [9.17, 15) is 14.0 Å². The van der Waals surface area contributed by atoms with Crippen molar-refractivity contribution < 1.29 is 23.8 Å². The Labute approximate surface area is 109 Å². The number of carbonyl (C=O) groups excluding carboxylic acids is 1. The van der Waals surface area contributed by atoms with Gasteiger partial charge in [0.25, 0.3) is 0 Å². The van der Waals surface area contributed by atoms with Crippen LogP contribution >= 0.6 is 0 Å². The maximum atomic E-state index is 13.5. The van der Waals surface area contributed by atoms with Gasteiger partial charge in [0.2, 0.25) is 5.91 Å². The Morgan fingerprint density at radius 1 is 1.42 bits per heavy atom. The zero-order valence-corrected chi connectivity index (χ0v) is 10.2. The first-order chi connectivity index (χ1) is 9.08. The molecule has 0 saturated heterocycles. The van der Waals surface area contributed by atoms with Crippen molar-refractivity contribution in [3.05, 3.63) is 29.6 Å². The molecule has 0 aromatic heterocycles. The molecule has 0 radical (unpaired) electrons. The standard InChI is InChI=1S/C13H14FNO4/c14-9-3-1-2-8-10(6-7-19-13(8)9)15-11(16)4-5-12(17)18/h1-3,10H,4-7H2,(H,15,16)(H,17,18)/t10-/m0/s1. The zero-order chi connectivity index (χ0) is 13.8. The third kappa shape index (κ3) is 3.21. The summed E-state index contributed by atoms with van der Waals surface area (Å²) < 4.78 is 18.8. The van der Waals surface area contributed by atoms with Crippen molar-refractivity contribution in [2.45, 2.75) is 25.3 Å². The third-order valence-electron chi connectivity index (χ3n) is 2.93. The molecule has 1 aliphatic heterocycles. The summed E-state index contributed by atoms with van der Waals surface area (Å²) in [6.07, 6.45) is 0.234. The first-order valence-electron chi connectivity index (χ1n) is 6.00. The fourth-order valence-electron chi connectivity index (χ4n) is 2.02. The molecule has 2 N–H and O–H groups in total. The van der Waals surface area contributed by atoms with E-state index in [-0.39, 0.29) is 30.5 Å². The summed E-state index contributed by atoms with van der Waals surface area (Å²) in [6.45, 7) is 0.317. The molecule has 1 aromatic rings. The lowest BCUT2D eigenvalue weighted by Crippen LogP contribution is -2.32. The summed E-state index contributed by atoms with van der Waals surface area (Å²) in [5.41, 5.74) is 0.593. The third-order valence-corrected chi connectivity index (χ3v) is 2.93. The predicted molar refractivity (Wildman–Crippen MR) is 64.3 cm³/mol. The Morgan fingerprint density at radius 3 is 2.95 bits per heavy atom. The number of ether oxygens (including phenoxy) is 1. The molecule has 19 heavy (non-hydrogen) atoms. The van der Waals surface area contributed by atoms with E-state index in [1.165, 1.54) is 6.07 Å². The Morgan fingerprint density at radius 2 is 2.21 bits per heavy atom. The lowest BCUT2D eigenvalue weighted by molar-refractivity contribution is -0.139. The van der Waals surface area contributed by atoms with E-state index in [2.05, 4.69) is 5.32 Å². The molecular weight excluding hydrogens is 253 g/mol. The van der Waals surface area contributed by atoms with Gasteiger partial charge in [-0.15, -0.1) is 0 Å². The van der Waals surface area contributed by atoms with Crippen LogP contribution in [0.15, 0.2) is 18.2 Å². The minimum Gasteiger partial charge on any atom is -0.490 e. The number of carbonyl (C=O) groups is 2. The van der Waals surface area contributed by atoms with E-state index < -0.39 is 11.8 Å². The summed E-state index contributed by atoms with van der Waals surface area (Å²) in [7, 11) is 0. The number of fused-ring (bicyclic) bond motifs is 1. The van der Waals surface area contributed by atoms with Gasteiger partial charge in [-0.25, -0.2) is 4.39 Å². The number of nitrogens with one attached hydrogen (secondary N) is 1. The minimum absolute atomic E-state index is 0.0860. The number of amides is 1. The second-order valence-electron chi connectivity index (χ2n) is 4.31. The highest BCUT2D eigenvalue weighted by Crippen LogP contribution is 2.33. The first kappa shape index (κ1) is 13.3. The first-order valence-corrected chi connectivity index (χ1v) is 6.00. The quantitative estimate of drug-likeness (QED) is 0.869. The Balaban J connectivity index is 2.05. The summed E-state index contributed by atoms with van der Waals surface area (Å²) in [6, 6.07) is 4.22. The maximum absolute atomic E-state index is 13.5. The number of carboxylic acid groups (broad SMARTS) is 1. The zero-order valence-electron chi connectivity index (χ0n) is 10.2. The lowest BCUT2D eigenvalue weighted by Gasteiger charge is -2.26. The molecule has 0 saturated carbocycles. The number of para-hydroxylation sites is 1. The van der Waals surface area contributed by atoms with Crippen molar-refractivity contribution in [3.63, 3.8) is 0 Å². The number of hydrogen-bond acceptors (Lipinski definition) is 3. The number of halogens is 1. The molecule has 0 spiro atoms. The smallest absolute Gasteiger partial charge is 0.303 e. The van der Waals surface area contributed by atoms with Gasteiger partial charge in [0, 0.05) is 18.4 Å². The predicted octanol–water partition coefficient (Wildman–Crippen LogP) is 1.63. The highest BCUT2D eigenvalue weighted by atomic mass is 19.1. The normalized spacial score (nSPS) is 17.2. The second kappa shape index (κ2) is 5.69. The van der Waals surface area contributed by atoms with Crippen LogP contribution in [-0.4, -0.2) is 23.6 Å². The number of carboxylic acids is 1. The van der Waals surface area contributed by atoms with E-state index in [1.807, 2.05) is 0 Å². The van der Waals surface area contributed by atoms with Crippen molar-refractivity contribution in [2.24, 2.45) is 0 Å². The fraction of sp³-hybridized carbons (Fsp3) is 0.385. The van der Waals surface area contributed by atoms with Crippen LogP contribution in [0, 0.1) is 5.82 Å². The number of aliphatic carboxylic acids is 1. The van der Waals surface area contributed by atoms with Crippen molar-refractivity contribution >= 4 is 11.9 Å². The molecule has 5 nitrogen and oxygen atoms in total. The maximum Gasteiger partial charge on any atom is 0.303 e. The van der Waals surface area contributed by atoms with Crippen LogP contribution in [0.25, 0.3) is 0 Å². The van der Waals surface area contributed by atoms with Crippen molar-refractivity contribution in [2.75, 3.05) is 6.61 Å². The van der Waals surface area contributed by atoms with Crippen molar-refractivity contribution in [1.82, 2.24) is 5.32 Å². The van der Waals surface area contributed by atoms with Crippen LogP contribution < -0.4 is 10.1 Å². The van der Waals surface area contributed by atoms with Gasteiger partial charge in [-0.3, -0.25) is 9.59 Å². The lowest BCUT2D eigenvalue weighted by atomic mass is 10.00. The largest absolute Gasteiger partial charge is 0.490 e. The van der Waals surface area contributed by atoms with E-state index in [0.29, 0.717) is 18.6 Å². The monoisotopic (exact) mass is 267 g/mol. The van der Waals surface area contributed by atoms with E-state index >= 15 is 0 Å². The molecule has 0 unspecified atom stereocenters. The van der Waals surface area contributed by atoms with Crippen LogP contribution in [0.1, 0.15) is 30.9 Å². The molecule has 1 amide bonds. The average Bonchev–Trinajstić information content (AvgIpc) is 2.38. The van der Waals surface area contributed by atoms with Crippen molar-refractivity contribution in [3.8, 4) is 5.75 Å².